The molecule has 0 spiro atoms. The van der Waals surface area contributed by atoms with Gasteiger partial charge in [0.2, 0.25) is 29.5 Å². The Bertz CT molecular complexity index is 1250. The van der Waals surface area contributed by atoms with E-state index in [9.17, 15) is 55.2 Å². The van der Waals surface area contributed by atoms with Crippen LogP contribution < -0.4 is 16.0 Å². The van der Waals surface area contributed by atoms with Gasteiger partial charge in [-0.25, -0.2) is 0 Å². The Balaban J connectivity index is 2.67. The maximum atomic E-state index is 12.3. The monoisotopic (exact) mass is 644 g/mol. The lowest BCUT2D eigenvalue weighted by Gasteiger charge is -2.20. The van der Waals surface area contributed by atoms with Crippen LogP contribution in [0.4, 0.5) is 0 Å². The van der Waals surface area contributed by atoms with Crippen LogP contribution in [0.1, 0.15) is 25.7 Å². The van der Waals surface area contributed by atoms with Crippen molar-refractivity contribution in [2.45, 2.75) is 49.1 Å². The zero-order chi connectivity index (χ0) is 31.4. The van der Waals surface area contributed by atoms with Crippen molar-refractivity contribution < 1.29 is 64.3 Å². The van der Waals surface area contributed by atoms with Crippen LogP contribution in [-0.2, 0) is 58.6 Å². The number of amides is 5. The highest BCUT2D eigenvalue weighted by atomic mass is 32.2. The molecule has 18 nitrogen and oxygen atoms in total. The molecular formula is C20H28N4O14S3. The van der Waals surface area contributed by atoms with Crippen LogP contribution in [0.2, 0.25) is 0 Å². The van der Waals surface area contributed by atoms with Gasteiger partial charge in [-0.3, -0.25) is 38.0 Å². The van der Waals surface area contributed by atoms with Gasteiger partial charge in [0.1, 0.15) is 42.4 Å². The number of likely N-dealkylation sites (tertiary alicyclic amines) is 1. The third-order valence-electron chi connectivity index (χ3n) is 5.19. The Labute approximate surface area is 238 Å². The maximum Gasteiger partial charge on any atom is 0.267 e. The van der Waals surface area contributed by atoms with E-state index in [0.29, 0.717) is 6.29 Å². The van der Waals surface area contributed by atoms with Gasteiger partial charge in [-0.1, -0.05) is 0 Å². The molecule has 1 aliphatic heterocycles. The summed E-state index contributed by atoms with van der Waals surface area (Å²) in [5.74, 6) is -7.15. The summed E-state index contributed by atoms with van der Waals surface area (Å²) in [5, 5.41) is 5.17. The highest BCUT2D eigenvalue weighted by molar-refractivity contribution is 8.01. The molecule has 4 atom stereocenters. The third-order valence-corrected chi connectivity index (χ3v) is 7.93. The van der Waals surface area contributed by atoms with E-state index in [4.69, 9.17) is 9.11 Å². The summed E-state index contributed by atoms with van der Waals surface area (Å²) in [7, 11) is -9.61. The van der Waals surface area contributed by atoms with Gasteiger partial charge in [0, 0.05) is 25.8 Å². The first-order chi connectivity index (χ1) is 19.0. The number of hydrogen-bond acceptors (Lipinski definition) is 13. The largest absolute Gasteiger partial charge is 0.346 e. The lowest BCUT2D eigenvalue weighted by molar-refractivity contribution is -0.138. The standard InChI is InChI=1S/C20H28N4O14S3/c25-5-1-4-24-18(30)6-15(20(24)32)39-9-17(29)21-12(7-26)2-3-16(28)23-14(11-41(36,37)38)19(31)22-13(8-27)10-40(33,34)35/h5,7-8,12-15H,1-4,6,9-11H2,(H,21,29)(H,22,31)(H,23,28)(H,33,34,35)(H,36,37,38)/t12-,13+,14-,15?/m0/s1. The summed E-state index contributed by atoms with van der Waals surface area (Å²) < 4.78 is 62.3. The number of hydrogen-bond donors (Lipinski definition) is 5. The van der Waals surface area contributed by atoms with E-state index in [1.807, 2.05) is 5.32 Å². The third kappa shape index (κ3) is 13.8. The van der Waals surface area contributed by atoms with Crippen LogP contribution in [0.25, 0.3) is 0 Å². The Morgan fingerprint density at radius 2 is 1.54 bits per heavy atom. The van der Waals surface area contributed by atoms with Crippen LogP contribution in [0.15, 0.2) is 0 Å². The van der Waals surface area contributed by atoms with Gasteiger partial charge in [-0.2, -0.15) is 16.8 Å². The molecule has 230 valence electrons. The van der Waals surface area contributed by atoms with Gasteiger partial charge in [-0.05, 0) is 6.42 Å². The Hall–Kier alpha value is -3.27. The molecule has 41 heavy (non-hydrogen) atoms. The molecule has 0 radical (unpaired) electrons. The number of carbonyl (C=O) groups excluding carboxylic acids is 8. The minimum Gasteiger partial charge on any atom is -0.346 e. The number of nitrogens with one attached hydrogen (secondary N) is 3. The number of nitrogens with zero attached hydrogens (tertiary/aromatic N) is 1. The molecule has 21 heteroatoms. The van der Waals surface area contributed by atoms with Crippen molar-refractivity contribution in [1.29, 1.82) is 0 Å². The minimum atomic E-state index is -4.88. The molecule has 0 aromatic rings. The molecule has 1 aliphatic rings. The highest BCUT2D eigenvalue weighted by Crippen LogP contribution is 2.25. The van der Waals surface area contributed by atoms with Gasteiger partial charge >= 0.3 is 0 Å². The number of carbonyl (C=O) groups is 8. The van der Waals surface area contributed by atoms with Crippen LogP contribution in [0.5, 0.6) is 0 Å². The van der Waals surface area contributed by atoms with E-state index in [2.05, 4.69) is 5.32 Å². The normalized spacial score (nSPS) is 17.7. The van der Waals surface area contributed by atoms with Crippen molar-refractivity contribution in [2.24, 2.45) is 0 Å². The second-order valence-corrected chi connectivity index (χ2v) is 12.7. The molecule has 0 aromatic carbocycles. The van der Waals surface area contributed by atoms with Gasteiger partial charge < -0.3 is 30.3 Å². The molecule has 1 unspecified atom stereocenters. The van der Waals surface area contributed by atoms with Crippen molar-refractivity contribution in [3.05, 3.63) is 0 Å². The first kappa shape index (κ1) is 35.8. The smallest absolute Gasteiger partial charge is 0.267 e. The molecule has 5 amide bonds. The van der Waals surface area contributed by atoms with Crippen molar-refractivity contribution >= 4 is 80.4 Å². The predicted molar refractivity (Wildman–Crippen MR) is 138 cm³/mol. The van der Waals surface area contributed by atoms with Crippen LogP contribution in [0, 0.1) is 0 Å². The van der Waals surface area contributed by atoms with Gasteiger partial charge in [0.25, 0.3) is 20.2 Å². The Kier molecular flexibility index (Phi) is 14.2. The average Bonchev–Trinajstić information content (AvgIpc) is 3.13. The number of thioether (sulfide) groups is 1. The summed E-state index contributed by atoms with van der Waals surface area (Å²) in [6, 6.07) is -5.07. The summed E-state index contributed by atoms with van der Waals surface area (Å²) in [5.41, 5.74) is 0. The van der Waals surface area contributed by atoms with E-state index < -0.39 is 91.1 Å². The molecule has 0 aliphatic carbocycles. The zero-order valence-electron chi connectivity index (χ0n) is 21.2. The number of aldehydes is 3. The first-order valence-electron chi connectivity index (χ1n) is 11.6. The molecule has 0 bridgehead atoms. The summed E-state index contributed by atoms with van der Waals surface area (Å²) >= 11 is 0.834. The fourth-order valence-electron chi connectivity index (χ4n) is 3.37. The van der Waals surface area contributed by atoms with E-state index in [0.717, 1.165) is 16.7 Å². The number of rotatable bonds is 19. The zero-order valence-corrected chi connectivity index (χ0v) is 23.6. The number of imide groups is 1. The van der Waals surface area contributed by atoms with E-state index in [1.165, 1.54) is 0 Å². The quantitative estimate of drug-likeness (QED) is 0.0507. The topological polar surface area (TPSA) is 285 Å². The molecule has 0 saturated carbocycles. The van der Waals surface area contributed by atoms with E-state index >= 15 is 0 Å². The van der Waals surface area contributed by atoms with Crippen LogP contribution in [0.3, 0.4) is 0 Å². The van der Waals surface area contributed by atoms with E-state index in [-0.39, 0.29) is 44.1 Å². The molecule has 1 saturated heterocycles. The molecular weight excluding hydrogens is 616 g/mol. The SMILES string of the molecule is O=CCCN1C(=O)CC(SCC(=O)N[C@H](C=O)CCC(=O)N[C@@H](CS(=O)(=O)O)C(=O)N[C@H](C=O)CS(=O)(=O)O)C1=O. The highest BCUT2D eigenvalue weighted by Gasteiger charge is 2.38. The fourth-order valence-corrected chi connectivity index (χ4v) is 5.61. The van der Waals surface area contributed by atoms with Crippen molar-refractivity contribution in [1.82, 2.24) is 20.9 Å². The molecule has 1 rings (SSSR count). The van der Waals surface area contributed by atoms with Crippen LogP contribution in [-0.4, -0.2) is 126 Å². The first-order valence-corrected chi connectivity index (χ1v) is 15.9. The lowest BCUT2D eigenvalue weighted by Crippen LogP contribution is -2.54. The van der Waals surface area contributed by atoms with Crippen LogP contribution >= 0.6 is 11.8 Å². The van der Waals surface area contributed by atoms with Gasteiger partial charge in [0.05, 0.1) is 17.0 Å². The summed E-state index contributed by atoms with van der Waals surface area (Å²) in [6.45, 7) is -0.0747. The molecule has 1 heterocycles. The average molecular weight is 645 g/mol. The lowest BCUT2D eigenvalue weighted by atomic mass is 10.1. The van der Waals surface area contributed by atoms with E-state index in [1.54, 1.807) is 5.32 Å². The van der Waals surface area contributed by atoms with Gasteiger partial charge in [-0.15, -0.1) is 11.8 Å². The molecule has 0 aromatic heterocycles. The van der Waals surface area contributed by atoms with Crippen molar-refractivity contribution in [3.63, 3.8) is 0 Å². The van der Waals surface area contributed by atoms with Gasteiger partial charge in [0.15, 0.2) is 0 Å². The molecule has 1 fully saturated rings. The Morgan fingerprint density at radius 1 is 0.927 bits per heavy atom. The minimum absolute atomic E-state index is 0.0293. The maximum absolute atomic E-state index is 12.3. The molecule has 5 N–H and O–H groups in total. The summed E-state index contributed by atoms with van der Waals surface area (Å²) in [6.07, 6.45) is -0.339. The second kappa shape index (κ2) is 16.2. The van der Waals surface area contributed by atoms with Crippen molar-refractivity contribution in [2.75, 3.05) is 23.8 Å². The van der Waals surface area contributed by atoms with Crippen molar-refractivity contribution in [3.8, 4) is 0 Å². The summed E-state index contributed by atoms with van der Waals surface area (Å²) in [4.78, 5) is 94.8. The predicted octanol–water partition coefficient (Wildman–Crippen LogP) is -4.16. The Morgan fingerprint density at radius 3 is 2.07 bits per heavy atom. The fraction of sp³-hybridized carbons (Fsp3) is 0.600. The second-order valence-electron chi connectivity index (χ2n) is 8.56.